The zero-order valence-electron chi connectivity index (χ0n) is 29.0. The van der Waals surface area contributed by atoms with Crippen molar-refractivity contribution in [2.24, 2.45) is 0 Å². The molecule has 0 aliphatic carbocycles. The number of anilines is 2. The van der Waals surface area contributed by atoms with E-state index >= 15 is 0 Å². The number of pyridine rings is 4. The Bertz CT molecular complexity index is 2150. The average Bonchev–Trinajstić information content (AvgIpc) is 3.76. The quantitative estimate of drug-likeness (QED) is 0.165. The summed E-state index contributed by atoms with van der Waals surface area (Å²) in [7, 11) is -0.449. The monoisotopic (exact) mass is 740 g/mol. The molecule has 0 radical (unpaired) electrons. The van der Waals surface area contributed by atoms with Crippen LogP contribution in [-0.4, -0.2) is 70.5 Å². The minimum atomic E-state index is -0.449. The van der Waals surface area contributed by atoms with Crippen LogP contribution < -0.4 is 16.1 Å². The van der Waals surface area contributed by atoms with Crippen LogP contribution in [0.25, 0.3) is 33.2 Å². The molecule has 0 saturated carbocycles. The van der Waals surface area contributed by atoms with Gasteiger partial charge < -0.3 is 19.9 Å². The van der Waals surface area contributed by atoms with E-state index in [1.165, 1.54) is 13.8 Å². The van der Waals surface area contributed by atoms with Crippen molar-refractivity contribution in [1.29, 1.82) is 0 Å². The maximum Gasteiger partial charge on any atom is 0.495 e. The first-order chi connectivity index (χ1) is 23.6. The van der Waals surface area contributed by atoms with Crippen molar-refractivity contribution in [3.8, 4) is 11.1 Å². The Morgan fingerprint density at radius 2 is 1.22 bits per heavy atom. The molecule has 16 heteroatoms. The maximum atomic E-state index is 11.1. The van der Waals surface area contributed by atoms with Gasteiger partial charge in [0.25, 0.3) is 0 Å². The summed E-state index contributed by atoms with van der Waals surface area (Å²) in [6.07, 6.45) is 10.4. The molecule has 1 saturated heterocycles. The van der Waals surface area contributed by atoms with Crippen LogP contribution in [0, 0.1) is 13.8 Å². The van der Waals surface area contributed by atoms with Crippen LogP contribution >= 0.6 is 15.9 Å². The third-order valence-electron chi connectivity index (χ3n) is 8.22. The predicted octanol–water partition coefficient (Wildman–Crippen LogP) is 5.65. The smallest absolute Gasteiger partial charge is 0.399 e. The Morgan fingerprint density at radius 3 is 1.80 bits per heavy atom. The zero-order chi connectivity index (χ0) is 36.2. The van der Waals surface area contributed by atoms with Gasteiger partial charge in [0.05, 0.1) is 23.6 Å². The molecular formula is C34H38BBrN10O4. The van der Waals surface area contributed by atoms with E-state index in [1.54, 1.807) is 43.2 Å². The fourth-order valence-corrected chi connectivity index (χ4v) is 5.24. The van der Waals surface area contributed by atoms with Crippen molar-refractivity contribution >= 4 is 74.0 Å². The first-order valence-corrected chi connectivity index (χ1v) is 16.5. The lowest BCUT2D eigenvalue weighted by Crippen LogP contribution is -2.41. The summed E-state index contributed by atoms with van der Waals surface area (Å²) in [5.74, 6) is 0.745. The third-order valence-corrected chi connectivity index (χ3v) is 8.66. The number of rotatable bonds is 4. The summed E-state index contributed by atoms with van der Waals surface area (Å²) in [5, 5.41) is 20.7. The topological polar surface area (TPSA) is 186 Å². The van der Waals surface area contributed by atoms with Gasteiger partial charge in [0.15, 0.2) is 11.3 Å². The summed E-state index contributed by atoms with van der Waals surface area (Å²) in [6.45, 7) is 14.9. The molecule has 6 aromatic heterocycles. The molecule has 0 atom stereocenters. The number of carbonyl (C=O) groups is 2. The first kappa shape index (κ1) is 36.2. The second-order valence-electron chi connectivity index (χ2n) is 12.8. The Kier molecular flexibility index (Phi) is 10.7. The van der Waals surface area contributed by atoms with Crippen LogP contribution in [0.5, 0.6) is 0 Å². The van der Waals surface area contributed by atoms with Crippen molar-refractivity contribution in [2.45, 2.75) is 66.6 Å². The molecule has 0 aromatic carbocycles. The molecule has 1 fully saturated rings. The number of halogens is 1. The van der Waals surface area contributed by atoms with Gasteiger partial charge in [-0.3, -0.25) is 19.8 Å². The molecule has 2 amide bonds. The van der Waals surface area contributed by atoms with Crippen LogP contribution in [0.2, 0.25) is 0 Å². The van der Waals surface area contributed by atoms with Crippen LogP contribution in [0.3, 0.4) is 0 Å². The summed E-state index contributed by atoms with van der Waals surface area (Å²) in [4.78, 5) is 39.0. The second-order valence-corrected chi connectivity index (χ2v) is 13.7. The highest BCUT2D eigenvalue weighted by Crippen LogP contribution is 2.36. The fraction of sp³-hybridized carbons (Fsp3) is 0.294. The molecule has 14 nitrogen and oxygen atoms in total. The lowest BCUT2D eigenvalue weighted by Gasteiger charge is -2.32. The van der Waals surface area contributed by atoms with Gasteiger partial charge in [0.1, 0.15) is 11.6 Å². The molecule has 0 bridgehead atoms. The number of carbonyl (C=O) groups excluding carboxylic acids is 2. The largest absolute Gasteiger partial charge is 0.495 e. The van der Waals surface area contributed by atoms with Crippen molar-refractivity contribution in [3.05, 3.63) is 77.0 Å². The van der Waals surface area contributed by atoms with E-state index in [-0.39, 0.29) is 23.0 Å². The van der Waals surface area contributed by atoms with Gasteiger partial charge >= 0.3 is 7.12 Å². The molecule has 1 aliphatic rings. The number of hydrogen-bond donors (Lipinski definition) is 4. The van der Waals surface area contributed by atoms with Gasteiger partial charge in [0, 0.05) is 59.4 Å². The Balaban J connectivity index is 0.000000154. The highest BCUT2D eigenvalue weighted by Gasteiger charge is 2.52. The number of nitrogens with zero attached hydrogens (tertiary/aromatic N) is 6. The van der Waals surface area contributed by atoms with Crippen molar-refractivity contribution in [1.82, 2.24) is 40.3 Å². The number of nitrogens with one attached hydrogen (secondary N) is 4. The fourth-order valence-electron chi connectivity index (χ4n) is 4.89. The molecular weight excluding hydrogens is 703 g/mol. The van der Waals surface area contributed by atoms with Gasteiger partial charge in [-0.15, -0.1) is 0 Å². The number of amides is 2. The minimum absolute atomic E-state index is 0.143. The number of aromatic nitrogens is 8. The van der Waals surface area contributed by atoms with Gasteiger partial charge in [-0.1, -0.05) is 0 Å². The molecule has 6 aromatic rings. The van der Waals surface area contributed by atoms with Crippen LogP contribution in [0.1, 0.15) is 52.7 Å². The summed E-state index contributed by atoms with van der Waals surface area (Å²) < 4.78 is 13.0. The van der Waals surface area contributed by atoms with Crippen molar-refractivity contribution in [3.63, 3.8) is 0 Å². The number of aryl methyl sites for hydroxylation is 2. The molecule has 4 N–H and O–H groups in total. The predicted molar refractivity (Wildman–Crippen MR) is 197 cm³/mol. The van der Waals surface area contributed by atoms with Gasteiger partial charge in [-0.25, -0.2) is 19.9 Å². The molecule has 1 aliphatic heterocycles. The van der Waals surface area contributed by atoms with Gasteiger partial charge in [-0.05, 0) is 104 Å². The maximum absolute atomic E-state index is 11.1. The number of aromatic amines is 2. The van der Waals surface area contributed by atoms with Crippen LogP contribution in [0.15, 0.2) is 65.9 Å². The minimum Gasteiger partial charge on any atom is -0.399 e. The highest BCUT2D eigenvalue weighted by atomic mass is 79.9. The molecule has 7 heterocycles. The van der Waals surface area contributed by atoms with Gasteiger partial charge in [0.2, 0.25) is 11.8 Å². The van der Waals surface area contributed by atoms with Crippen molar-refractivity contribution < 1.29 is 18.9 Å². The summed E-state index contributed by atoms with van der Waals surface area (Å²) in [5.41, 5.74) is 5.63. The molecule has 0 spiro atoms. The SMILES string of the molecule is Brc1cnc2[nH]ncc2c1.CC(=O)Nc1cc(-c2cnc3[nH]ncc3c2)c(C)cn1.CC(=O)Nc1cc(B2OC(C)(C)C(C)(C)O2)c(C)cn1. The number of H-pyrrole nitrogens is 2. The normalized spacial score (nSPS) is 14.4. The van der Waals surface area contributed by atoms with E-state index < -0.39 is 7.12 Å². The molecule has 258 valence electrons. The first-order valence-electron chi connectivity index (χ1n) is 15.7. The van der Waals surface area contributed by atoms with E-state index in [0.29, 0.717) is 11.6 Å². The van der Waals surface area contributed by atoms with E-state index in [2.05, 4.69) is 66.9 Å². The average molecular weight is 741 g/mol. The highest BCUT2D eigenvalue weighted by molar-refractivity contribution is 9.10. The second kappa shape index (κ2) is 14.8. The number of fused-ring (bicyclic) bond motifs is 2. The van der Waals surface area contributed by atoms with Crippen molar-refractivity contribution in [2.75, 3.05) is 10.6 Å². The molecule has 7 rings (SSSR count). The van der Waals surface area contributed by atoms with E-state index in [4.69, 9.17) is 9.31 Å². The summed E-state index contributed by atoms with van der Waals surface area (Å²) >= 11 is 3.31. The number of hydrogen-bond acceptors (Lipinski definition) is 10. The lowest BCUT2D eigenvalue weighted by atomic mass is 9.77. The standard InChI is InChI=1S/C14H21BN2O3.C14H13N5O.C6H4BrN3/c1-9-8-16-12(17-10(2)18)7-11(9)15-19-13(3,4)14(5,6)20-15;1-8-5-15-13(18-9(2)20)4-12(8)10-3-11-7-17-19-14(11)16-6-10;7-5-1-4-2-9-10-6(4)8-3-5/h7-8H,1-6H3,(H,16,17,18);3-7H,1-2H3,(H,15,18,20)(H,16,17,19);1-3H,(H,8,9,10). The molecule has 50 heavy (non-hydrogen) atoms. The Labute approximate surface area is 297 Å². The van der Waals surface area contributed by atoms with Gasteiger partial charge in [-0.2, -0.15) is 10.2 Å². The van der Waals surface area contributed by atoms with E-state index in [9.17, 15) is 9.59 Å². The third kappa shape index (κ3) is 8.56. The summed E-state index contributed by atoms with van der Waals surface area (Å²) in [6, 6.07) is 7.62. The van der Waals surface area contributed by atoms with Crippen LogP contribution in [0.4, 0.5) is 11.6 Å². The Hall–Kier alpha value is -5.06. The van der Waals surface area contributed by atoms with Crippen LogP contribution in [-0.2, 0) is 18.9 Å². The van der Waals surface area contributed by atoms with E-state index in [0.717, 1.165) is 54.3 Å². The molecule has 0 unspecified atom stereocenters. The lowest BCUT2D eigenvalue weighted by molar-refractivity contribution is -0.115. The zero-order valence-corrected chi connectivity index (χ0v) is 30.6. The Morgan fingerprint density at radius 1 is 0.700 bits per heavy atom. The van der Waals surface area contributed by atoms with E-state index in [1.807, 2.05) is 59.7 Å².